The molecule has 0 aliphatic carbocycles. The van der Waals surface area contributed by atoms with Crippen LogP contribution in [-0.2, 0) is 13.1 Å². The lowest BCUT2D eigenvalue weighted by molar-refractivity contribution is 0.414. The van der Waals surface area contributed by atoms with E-state index in [-0.39, 0.29) is 0 Å². The molecule has 3 heterocycles. The first kappa shape index (κ1) is 16.3. The molecule has 0 saturated carbocycles. The third-order valence-electron chi connectivity index (χ3n) is 4.39. The second-order valence-corrected chi connectivity index (χ2v) is 6.00. The van der Waals surface area contributed by atoms with Crippen molar-refractivity contribution in [3.63, 3.8) is 0 Å². The number of methoxy groups -OCH3 is 1. The van der Waals surface area contributed by atoms with Crippen LogP contribution in [0.3, 0.4) is 0 Å². The molecule has 0 aliphatic rings. The fourth-order valence-corrected chi connectivity index (χ4v) is 3.09. The van der Waals surface area contributed by atoms with Crippen molar-refractivity contribution < 1.29 is 4.74 Å². The number of ether oxygens (including phenoxy) is 1. The van der Waals surface area contributed by atoms with Crippen molar-refractivity contribution >= 4 is 11.0 Å². The van der Waals surface area contributed by atoms with Gasteiger partial charge in [-0.25, -0.2) is 9.97 Å². The molecule has 132 valence electrons. The van der Waals surface area contributed by atoms with Crippen LogP contribution in [0.4, 0.5) is 0 Å². The number of nitrogens with zero attached hydrogens (tertiary/aromatic N) is 4. The van der Waals surface area contributed by atoms with Gasteiger partial charge in [-0.05, 0) is 30.8 Å². The summed E-state index contributed by atoms with van der Waals surface area (Å²) in [7, 11) is 3.60. The van der Waals surface area contributed by atoms with Crippen molar-refractivity contribution in [3.8, 4) is 17.0 Å². The Hall–Kier alpha value is -3.19. The van der Waals surface area contributed by atoms with Gasteiger partial charge in [0.05, 0.1) is 31.2 Å². The number of hydrogen-bond donors (Lipinski definition) is 2. The van der Waals surface area contributed by atoms with Gasteiger partial charge in [-0.3, -0.25) is 4.68 Å². The van der Waals surface area contributed by atoms with Crippen LogP contribution in [-0.4, -0.2) is 38.9 Å². The number of H-pyrrole nitrogens is 1. The monoisotopic (exact) mass is 348 g/mol. The lowest BCUT2D eigenvalue weighted by Gasteiger charge is -2.10. The molecule has 0 unspecified atom stereocenters. The molecular formula is C19H20N6O. The van der Waals surface area contributed by atoms with E-state index in [0.29, 0.717) is 13.1 Å². The smallest absolute Gasteiger partial charge is 0.141 e. The molecule has 3 aromatic heterocycles. The van der Waals surface area contributed by atoms with Crippen molar-refractivity contribution in [2.75, 3.05) is 14.2 Å². The fourth-order valence-electron chi connectivity index (χ4n) is 3.09. The molecule has 0 saturated heterocycles. The first-order chi connectivity index (χ1) is 12.8. The number of hydrogen-bond acceptors (Lipinski definition) is 5. The van der Waals surface area contributed by atoms with Crippen molar-refractivity contribution in [3.05, 3.63) is 60.3 Å². The van der Waals surface area contributed by atoms with Gasteiger partial charge in [0.2, 0.25) is 0 Å². The zero-order valence-electron chi connectivity index (χ0n) is 14.7. The molecule has 7 nitrogen and oxygen atoms in total. The van der Waals surface area contributed by atoms with E-state index in [9.17, 15) is 0 Å². The van der Waals surface area contributed by atoms with E-state index in [2.05, 4.69) is 37.5 Å². The van der Waals surface area contributed by atoms with Gasteiger partial charge in [0.1, 0.15) is 17.7 Å². The third-order valence-corrected chi connectivity index (χ3v) is 4.39. The molecule has 4 aromatic rings. The number of nitrogens with one attached hydrogen (secondary N) is 2. The number of aromatic nitrogens is 5. The van der Waals surface area contributed by atoms with E-state index in [0.717, 1.165) is 39.3 Å². The van der Waals surface area contributed by atoms with Gasteiger partial charge < -0.3 is 15.0 Å². The maximum atomic E-state index is 5.23. The van der Waals surface area contributed by atoms with E-state index < -0.39 is 0 Å². The fraction of sp³-hybridized carbons (Fsp3) is 0.211. The second-order valence-electron chi connectivity index (χ2n) is 6.00. The summed E-state index contributed by atoms with van der Waals surface area (Å²) in [5.41, 5.74) is 4.98. The van der Waals surface area contributed by atoms with Crippen LogP contribution in [0.15, 0.2) is 49.1 Å². The van der Waals surface area contributed by atoms with Crippen LogP contribution < -0.4 is 10.1 Å². The summed E-state index contributed by atoms with van der Waals surface area (Å²) in [4.78, 5) is 11.9. The maximum Gasteiger partial charge on any atom is 0.141 e. The van der Waals surface area contributed by atoms with Crippen molar-refractivity contribution in [2.24, 2.45) is 0 Å². The van der Waals surface area contributed by atoms with Gasteiger partial charge in [0.25, 0.3) is 0 Å². The molecule has 0 fully saturated rings. The Bertz CT molecular complexity index is 1020. The molecule has 2 N–H and O–H groups in total. The van der Waals surface area contributed by atoms with Crippen molar-refractivity contribution in [2.45, 2.75) is 13.1 Å². The number of fused-ring (bicyclic) bond motifs is 1. The minimum atomic E-state index is 0.683. The van der Waals surface area contributed by atoms with Gasteiger partial charge >= 0.3 is 0 Å². The summed E-state index contributed by atoms with van der Waals surface area (Å²) in [6, 6.07) is 10.0. The highest BCUT2D eigenvalue weighted by Crippen LogP contribution is 2.28. The molecule has 4 rings (SSSR count). The Kier molecular flexibility index (Phi) is 4.37. The normalized spacial score (nSPS) is 11.2. The summed E-state index contributed by atoms with van der Waals surface area (Å²) in [6.45, 7) is 1.38. The van der Waals surface area contributed by atoms with Gasteiger partial charge in [-0.2, -0.15) is 5.10 Å². The molecule has 0 aliphatic heterocycles. The second kappa shape index (κ2) is 6.97. The third kappa shape index (κ3) is 2.93. The lowest BCUT2D eigenvalue weighted by atomic mass is 10.1. The van der Waals surface area contributed by atoms with E-state index in [1.807, 2.05) is 42.3 Å². The molecule has 26 heavy (non-hydrogen) atoms. The topological polar surface area (TPSA) is 80.7 Å². The highest BCUT2D eigenvalue weighted by molar-refractivity contribution is 5.90. The van der Waals surface area contributed by atoms with E-state index in [1.54, 1.807) is 13.4 Å². The number of aromatic amines is 1. The summed E-state index contributed by atoms with van der Waals surface area (Å²) in [6.07, 6.45) is 5.34. The van der Waals surface area contributed by atoms with Crippen LogP contribution in [0.1, 0.15) is 11.3 Å². The summed E-state index contributed by atoms with van der Waals surface area (Å²) in [5, 5.41) is 8.84. The number of rotatable bonds is 6. The summed E-state index contributed by atoms with van der Waals surface area (Å²) in [5.74, 6) is 0.848. The van der Waals surface area contributed by atoms with E-state index in [4.69, 9.17) is 4.74 Å². The predicted molar refractivity (Wildman–Crippen MR) is 100.0 cm³/mol. The highest BCUT2D eigenvalue weighted by atomic mass is 16.5. The van der Waals surface area contributed by atoms with Crippen LogP contribution in [0.5, 0.6) is 5.75 Å². The van der Waals surface area contributed by atoms with Gasteiger partial charge in [-0.1, -0.05) is 12.1 Å². The minimum absolute atomic E-state index is 0.683. The standard InChI is InChI=1S/C19H20N6O/c1-20-10-17-16(18-15-7-8-21-19(15)23-12-22-18)9-24-25(17)11-13-3-5-14(26-2)6-4-13/h3-9,12,20H,10-11H2,1-2H3,(H,21,22,23). The SMILES string of the molecule is CNCc1c(-c2ncnc3[nH]ccc23)cnn1Cc1ccc(OC)cc1. The molecule has 0 bridgehead atoms. The molecule has 0 radical (unpaired) electrons. The summed E-state index contributed by atoms with van der Waals surface area (Å²) < 4.78 is 7.24. The highest BCUT2D eigenvalue weighted by Gasteiger charge is 2.16. The predicted octanol–water partition coefficient (Wildman–Crippen LogP) is 2.60. The quantitative estimate of drug-likeness (QED) is 0.560. The molecule has 7 heteroatoms. The first-order valence-electron chi connectivity index (χ1n) is 8.41. The average Bonchev–Trinajstić information content (AvgIpc) is 3.30. The zero-order valence-corrected chi connectivity index (χ0v) is 14.7. The Morgan fingerprint density at radius 1 is 1.15 bits per heavy atom. The molecule has 1 aromatic carbocycles. The molecule has 0 atom stereocenters. The molecular weight excluding hydrogens is 328 g/mol. The lowest BCUT2D eigenvalue weighted by Crippen LogP contribution is -2.14. The Balaban J connectivity index is 1.74. The van der Waals surface area contributed by atoms with Crippen LogP contribution >= 0.6 is 0 Å². The van der Waals surface area contributed by atoms with Gasteiger partial charge in [0, 0.05) is 23.7 Å². The van der Waals surface area contributed by atoms with Gasteiger partial charge in [0.15, 0.2) is 0 Å². The van der Waals surface area contributed by atoms with E-state index >= 15 is 0 Å². The maximum absolute atomic E-state index is 5.23. The van der Waals surface area contributed by atoms with Crippen molar-refractivity contribution in [1.82, 2.24) is 30.0 Å². The molecule has 0 amide bonds. The Morgan fingerprint density at radius 3 is 2.77 bits per heavy atom. The van der Waals surface area contributed by atoms with Crippen LogP contribution in [0.2, 0.25) is 0 Å². The Labute approximate surface area is 151 Å². The van der Waals surface area contributed by atoms with Gasteiger partial charge in [-0.15, -0.1) is 0 Å². The van der Waals surface area contributed by atoms with Crippen LogP contribution in [0, 0.1) is 0 Å². The van der Waals surface area contributed by atoms with Crippen molar-refractivity contribution in [1.29, 1.82) is 0 Å². The minimum Gasteiger partial charge on any atom is -0.497 e. The Morgan fingerprint density at radius 2 is 2.00 bits per heavy atom. The van der Waals surface area contributed by atoms with Crippen LogP contribution in [0.25, 0.3) is 22.3 Å². The number of benzene rings is 1. The average molecular weight is 348 g/mol. The van der Waals surface area contributed by atoms with E-state index in [1.165, 1.54) is 0 Å². The largest absolute Gasteiger partial charge is 0.497 e. The zero-order chi connectivity index (χ0) is 17.9. The summed E-state index contributed by atoms with van der Waals surface area (Å²) >= 11 is 0. The molecule has 0 spiro atoms. The first-order valence-corrected chi connectivity index (χ1v) is 8.41.